The molecule has 1 heterocycles. The van der Waals surface area contributed by atoms with E-state index in [2.05, 4.69) is 35.6 Å². The molecule has 0 aliphatic rings. The van der Waals surface area contributed by atoms with Gasteiger partial charge >= 0.3 is 0 Å². The Morgan fingerprint density at radius 1 is 1.53 bits per heavy atom. The van der Waals surface area contributed by atoms with Crippen LogP contribution in [-0.4, -0.2) is 39.7 Å². The number of hydrogen-bond acceptors (Lipinski definition) is 3. The number of aromatic nitrogens is 2. The average Bonchev–Trinajstić information content (AvgIpc) is 2.69. The first-order valence-electron chi connectivity index (χ1n) is 5.38. The van der Waals surface area contributed by atoms with Gasteiger partial charge in [-0.1, -0.05) is 20.8 Å². The van der Waals surface area contributed by atoms with Crippen molar-refractivity contribution in [2.75, 3.05) is 19.7 Å². The lowest BCUT2D eigenvalue weighted by atomic mass is 9.94. The molecule has 0 amide bonds. The molecular weight excluding hydrogens is 190 g/mol. The van der Waals surface area contributed by atoms with E-state index in [0.29, 0.717) is 0 Å². The fourth-order valence-electron chi connectivity index (χ4n) is 1.55. The van der Waals surface area contributed by atoms with Crippen molar-refractivity contribution in [3.8, 4) is 0 Å². The summed E-state index contributed by atoms with van der Waals surface area (Å²) in [5.74, 6) is 0. The van der Waals surface area contributed by atoms with E-state index in [1.54, 1.807) is 6.33 Å². The van der Waals surface area contributed by atoms with Crippen LogP contribution in [0.1, 0.15) is 26.5 Å². The minimum atomic E-state index is -0.0456. The summed E-state index contributed by atoms with van der Waals surface area (Å²) in [6, 6.07) is 0. The lowest BCUT2D eigenvalue weighted by Crippen LogP contribution is -2.36. The number of rotatable bonds is 6. The van der Waals surface area contributed by atoms with Crippen molar-refractivity contribution in [3.05, 3.63) is 18.2 Å². The first kappa shape index (κ1) is 12.2. The molecule has 0 aromatic carbocycles. The summed E-state index contributed by atoms with van der Waals surface area (Å²) in [6.07, 6.45) is 3.54. The molecule has 4 heteroatoms. The van der Waals surface area contributed by atoms with E-state index in [1.807, 2.05) is 6.20 Å². The molecule has 0 aliphatic heterocycles. The largest absolute Gasteiger partial charge is 0.396 e. The number of hydrogen-bond donors (Lipinski definition) is 2. The molecule has 0 bridgehead atoms. The molecule has 4 nitrogen and oxygen atoms in total. The van der Waals surface area contributed by atoms with Gasteiger partial charge in [-0.2, -0.15) is 0 Å². The molecule has 0 atom stereocenters. The van der Waals surface area contributed by atoms with Crippen molar-refractivity contribution >= 4 is 0 Å². The molecular formula is C11H21N3O. The van der Waals surface area contributed by atoms with Gasteiger partial charge in [0.1, 0.15) is 0 Å². The fraction of sp³-hybridized carbons (Fsp3) is 0.727. The predicted molar refractivity (Wildman–Crippen MR) is 60.4 cm³/mol. The molecule has 0 saturated heterocycles. The Balaban J connectivity index is 2.50. The highest BCUT2D eigenvalue weighted by molar-refractivity contribution is 4.94. The van der Waals surface area contributed by atoms with E-state index in [9.17, 15) is 5.11 Å². The van der Waals surface area contributed by atoms with Crippen molar-refractivity contribution < 1.29 is 5.11 Å². The zero-order valence-corrected chi connectivity index (χ0v) is 9.82. The number of aromatic amines is 1. The van der Waals surface area contributed by atoms with Gasteiger partial charge in [0, 0.05) is 37.0 Å². The fourth-order valence-corrected chi connectivity index (χ4v) is 1.55. The molecule has 1 aromatic heterocycles. The number of nitrogens with zero attached hydrogens (tertiary/aromatic N) is 2. The second kappa shape index (κ2) is 5.28. The van der Waals surface area contributed by atoms with Gasteiger partial charge in [0.2, 0.25) is 0 Å². The highest BCUT2D eigenvalue weighted by atomic mass is 16.3. The van der Waals surface area contributed by atoms with E-state index in [4.69, 9.17) is 0 Å². The van der Waals surface area contributed by atoms with Crippen LogP contribution in [0.15, 0.2) is 12.5 Å². The van der Waals surface area contributed by atoms with Crippen LogP contribution in [0, 0.1) is 5.41 Å². The number of imidazole rings is 1. The zero-order valence-electron chi connectivity index (χ0n) is 9.82. The standard InChI is InChI=1S/C11H21N3O/c1-4-14(7-11(2,3)8-15)6-10-5-12-9-13-10/h5,9,15H,4,6-8H2,1-3H3,(H,12,13). The molecule has 0 radical (unpaired) electrons. The van der Waals surface area contributed by atoms with Crippen molar-refractivity contribution in [1.29, 1.82) is 0 Å². The summed E-state index contributed by atoms with van der Waals surface area (Å²) in [5.41, 5.74) is 1.07. The maximum atomic E-state index is 9.22. The number of H-pyrrole nitrogens is 1. The van der Waals surface area contributed by atoms with E-state index < -0.39 is 0 Å². The minimum absolute atomic E-state index is 0.0456. The average molecular weight is 211 g/mol. The van der Waals surface area contributed by atoms with Crippen molar-refractivity contribution in [2.45, 2.75) is 27.3 Å². The van der Waals surface area contributed by atoms with Gasteiger partial charge in [0.15, 0.2) is 0 Å². The third-order valence-electron chi connectivity index (χ3n) is 2.48. The van der Waals surface area contributed by atoms with E-state index in [1.165, 1.54) is 0 Å². The third-order valence-corrected chi connectivity index (χ3v) is 2.48. The Bertz CT molecular complexity index is 269. The van der Waals surface area contributed by atoms with Crippen LogP contribution in [0.2, 0.25) is 0 Å². The quantitative estimate of drug-likeness (QED) is 0.744. The van der Waals surface area contributed by atoms with Gasteiger partial charge in [-0.3, -0.25) is 4.90 Å². The summed E-state index contributed by atoms with van der Waals surface area (Å²) in [6.45, 7) is 9.21. The van der Waals surface area contributed by atoms with Gasteiger partial charge in [0.25, 0.3) is 0 Å². The number of aliphatic hydroxyl groups excluding tert-OH is 1. The van der Waals surface area contributed by atoms with Gasteiger partial charge in [-0.15, -0.1) is 0 Å². The summed E-state index contributed by atoms with van der Waals surface area (Å²) < 4.78 is 0. The Morgan fingerprint density at radius 3 is 2.73 bits per heavy atom. The summed E-state index contributed by atoms with van der Waals surface area (Å²) in [4.78, 5) is 9.38. The molecule has 1 aromatic rings. The number of nitrogens with one attached hydrogen (secondary N) is 1. The van der Waals surface area contributed by atoms with Gasteiger partial charge < -0.3 is 10.1 Å². The topological polar surface area (TPSA) is 52.2 Å². The van der Waals surface area contributed by atoms with Crippen LogP contribution in [-0.2, 0) is 6.54 Å². The molecule has 0 spiro atoms. The monoisotopic (exact) mass is 211 g/mol. The molecule has 0 saturated carbocycles. The highest BCUT2D eigenvalue weighted by Gasteiger charge is 2.20. The van der Waals surface area contributed by atoms with E-state index in [-0.39, 0.29) is 12.0 Å². The number of aliphatic hydroxyl groups is 1. The normalized spacial score (nSPS) is 12.3. The Morgan fingerprint density at radius 2 is 2.27 bits per heavy atom. The SMILES string of the molecule is CCN(Cc1cnc[nH]1)CC(C)(C)CO. The summed E-state index contributed by atoms with van der Waals surface area (Å²) >= 11 is 0. The molecule has 0 fully saturated rings. The first-order valence-corrected chi connectivity index (χ1v) is 5.38. The van der Waals surface area contributed by atoms with Crippen LogP contribution in [0.3, 0.4) is 0 Å². The zero-order chi connectivity index (χ0) is 11.3. The molecule has 1 rings (SSSR count). The van der Waals surface area contributed by atoms with Crippen LogP contribution in [0.25, 0.3) is 0 Å². The Hall–Kier alpha value is -0.870. The molecule has 86 valence electrons. The van der Waals surface area contributed by atoms with Crippen molar-refractivity contribution in [1.82, 2.24) is 14.9 Å². The molecule has 2 N–H and O–H groups in total. The highest BCUT2D eigenvalue weighted by Crippen LogP contribution is 2.16. The summed E-state index contributed by atoms with van der Waals surface area (Å²) in [5, 5.41) is 9.22. The van der Waals surface area contributed by atoms with Crippen molar-refractivity contribution in [2.24, 2.45) is 5.41 Å². The van der Waals surface area contributed by atoms with Gasteiger partial charge in [0.05, 0.1) is 6.33 Å². The van der Waals surface area contributed by atoms with Crippen LogP contribution < -0.4 is 0 Å². The smallest absolute Gasteiger partial charge is 0.0922 e. The maximum Gasteiger partial charge on any atom is 0.0922 e. The second-order valence-corrected chi connectivity index (χ2v) is 4.70. The van der Waals surface area contributed by atoms with Gasteiger partial charge in [-0.25, -0.2) is 4.98 Å². The molecule has 0 unspecified atom stereocenters. The van der Waals surface area contributed by atoms with Gasteiger partial charge in [-0.05, 0) is 6.54 Å². The second-order valence-electron chi connectivity index (χ2n) is 4.70. The lowest BCUT2D eigenvalue weighted by molar-refractivity contribution is 0.101. The summed E-state index contributed by atoms with van der Waals surface area (Å²) in [7, 11) is 0. The lowest BCUT2D eigenvalue weighted by Gasteiger charge is -2.30. The minimum Gasteiger partial charge on any atom is -0.396 e. The third kappa shape index (κ3) is 4.01. The predicted octanol–water partition coefficient (Wildman–Crippen LogP) is 1.25. The maximum absolute atomic E-state index is 9.22. The van der Waals surface area contributed by atoms with Crippen molar-refractivity contribution in [3.63, 3.8) is 0 Å². The van der Waals surface area contributed by atoms with E-state index >= 15 is 0 Å². The Labute approximate surface area is 91.3 Å². The Kier molecular flexibility index (Phi) is 4.29. The van der Waals surface area contributed by atoms with Crippen LogP contribution >= 0.6 is 0 Å². The van der Waals surface area contributed by atoms with E-state index in [0.717, 1.165) is 25.3 Å². The first-order chi connectivity index (χ1) is 7.07. The molecule has 0 aliphatic carbocycles. The van der Waals surface area contributed by atoms with Crippen LogP contribution in [0.4, 0.5) is 0 Å². The van der Waals surface area contributed by atoms with Crippen LogP contribution in [0.5, 0.6) is 0 Å². The molecule has 15 heavy (non-hydrogen) atoms.